The molecule has 2 saturated heterocycles. The largest absolute Gasteiger partial charge is 0.392 e. The summed E-state index contributed by atoms with van der Waals surface area (Å²) in [6, 6.07) is 5.88. The van der Waals surface area contributed by atoms with Crippen molar-refractivity contribution in [1.82, 2.24) is 20.1 Å². The summed E-state index contributed by atoms with van der Waals surface area (Å²) in [5.41, 5.74) is 1.98. The molecule has 3 aliphatic heterocycles. The first-order chi connectivity index (χ1) is 14.8. The summed E-state index contributed by atoms with van der Waals surface area (Å²) < 4.78 is 5.59. The van der Waals surface area contributed by atoms with Gasteiger partial charge in [-0.3, -0.25) is 19.6 Å². The number of hydrogen-bond acceptors (Lipinski definition) is 7. The summed E-state index contributed by atoms with van der Waals surface area (Å²) >= 11 is 0. The first-order valence-electron chi connectivity index (χ1n) is 11.4. The van der Waals surface area contributed by atoms with Crippen LogP contribution in [0.1, 0.15) is 39.1 Å². The van der Waals surface area contributed by atoms with Gasteiger partial charge in [-0.15, -0.1) is 0 Å². The van der Waals surface area contributed by atoms with Crippen LogP contribution in [0, 0.1) is 6.07 Å². The standard InChI is InChI=1S/C23H36N5O3.Re/c1-16-10-27(19(9-24-16)11-26-7-8-31-14-17(26)2)12-21(30)28-15-23(3,4)22-20(28)6-5-18(13-29)25-22;/h6,16-17,19,24,29H,7-15H2,1-4H3;/q-1;/t16-,17-,19-;/m1./s1. The average Bonchev–Trinajstić information content (AvgIpc) is 3.02. The molecule has 1 aromatic rings. The first-order valence-corrected chi connectivity index (χ1v) is 11.4. The smallest absolute Gasteiger partial charge is 0.225 e. The molecule has 4 rings (SSSR count). The van der Waals surface area contributed by atoms with Gasteiger partial charge in [-0.25, -0.2) is 12.1 Å². The van der Waals surface area contributed by atoms with Gasteiger partial charge < -0.3 is 20.1 Å². The van der Waals surface area contributed by atoms with E-state index in [0.29, 0.717) is 30.9 Å². The third-order valence-corrected chi connectivity index (χ3v) is 6.82. The Morgan fingerprint density at radius 3 is 2.88 bits per heavy atom. The van der Waals surface area contributed by atoms with Gasteiger partial charge in [0.25, 0.3) is 0 Å². The number of carbonyl (C=O) groups is 1. The van der Waals surface area contributed by atoms with E-state index in [9.17, 15) is 9.90 Å². The van der Waals surface area contributed by atoms with E-state index in [2.05, 4.69) is 53.9 Å². The van der Waals surface area contributed by atoms with Gasteiger partial charge in [0.15, 0.2) is 0 Å². The van der Waals surface area contributed by atoms with Crippen molar-refractivity contribution < 1.29 is 35.1 Å². The van der Waals surface area contributed by atoms with Crippen LogP contribution in [0.2, 0.25) is 0 Å². The maximum atomic E-state index is 13.5. The van der Waals surface area contributed by atoms with E-state index in [1.807, 2.05) is 11.0 Å². The summed E-state index contributed by atoms with van der Waals surface area (Å²) in [5.74, 6) is 0.105. The molecule has 4 heterocycles. The number of nitrogens with zero attached hydrogens (tertiary/aromatic N) is 4. The van der Waals surface area contributed by atoms with Crippen molar-refractivity contribution in [3.05, 3.63) is 23.5 Å². The average molecular weight is 617 g/mol. The summed E-state index contributed by atoms with van der Waals surface area (Å²) in [6.45, 7) is 14.6. The molecule has 0 aliphatic carbocycles. The number of fused-ring (bicyclic) bond motifs is 1. The van der Waals surface area contributed by atoms with E-state index in [0.717, 1.165) is 50.8 Å². The number of ether oxygens (including phenoxy) is 1. The number of rotatable bonds is 5. The molecular weight excluding hydrogens is 580 g/mol. The molecular formula is C23H36N5O3Re-. The number of morpholine rings is 1. The Bertz CT molecular complexity index is 808. The van der Waals surface area contributed by atoms with Gasteiger partial charge in [-0.05, 0) is 25.2 Å². The van der Waals surface area contributed by atoms with Gasteiger partial charge in [0, 0.05) is 76.7 Å². The maximum absolute atomic E-state index is 13.5. The summed E-state index contributed by atoms with van der Waals surface area (Å²) in [5, 5.41) is 13.0. The Kier molecular flexibility index (Phi) is 8.48. The number of aliphatic hydroxyl groups excluding tert-OH is 1. The zero-order valence-corrected chi connectivity index (χ0v) is 22.3. The molecule has 0 aromatic carbocycles. The van der Waals surface area contributed by atoms with Gasteiger partial charge in [-0.1, -0.05) is 19.5 Å². The molecule has 3 atom stereocenters. The second-order valence-electron chi connectivity index (χ2n) is 9.91. The van der Waals surface area contributed by atoms with E-state index >= 15 is 0 Å². The van der Waals surface area contributed by atoms with Crippen LogP contribution < -0.4 is 10.2 Å². The van der Waals surface area contributed by atoms with Crippen LogP contribution in [0.5, 0.6) is 0 Å². The van der Waals surface area contributed by atoms with Crippen LogP contribution in [0.4, 0.5) is 5.69 Å². The molecule has 9 heteroatoms. The molecule has 0 saturated carbocycles. The van der Waals surface area contributed by atoms with E-state index < -0.39 is 0 Å². The minimum absolute atomic E-state index is 0. The second kappa shape index (κ2) is 10.6. The molecule has 179 valence electrons. The van der Waals surface area contributed by atoms with E-state index in [1.165, 1.54) is 0 Å². The Morgan fingerprint density at radius 2 is 2.16 bits per heavy atom. The van der Waals surface area contributed by atoms with E-state index in [1.54, 1.807) is 0 Å². The number of pyridine rings is 1. The van der Waals surface area contributed by atoms with Crippen LogP contribution in [-0.4, -0.2) is 96.4 Å². The molecule has 3 aliphatic rings. The number of nitrogens with one attached hydrogen (secondary N) is 1. The number of aliphatic hydroxyl groups is 1. The van der Waals surface area contributed by atoms with Crippen molar-refractivity contribution in [3.8, 4) is 0 Å². The quantitative estimate of drug-likeness (QED) is 0.464. The minimum atomic E-state index is -0.247. The van der Waals surface area contributed by atoms with Crippen molar-refractivity contribution in [2.24, 2.45) is 0 Å². The van der Waals surface area contributed by atoms with Gasteiger partial charge in [0.2, 0.25) is 5.91 Å². The van der Waals surface area contributed by atoms with Gasteiger partial charge in [0.05, 0.1) is 26.4 Å². The van der Waals surface area contributed by atoms with Gasteiger partial charge in [-0.2, -0.15) is 0 Å². The van der Waals surface area contributed by atoms with Crippen molar-refractivity contribution in [2.45, 2.75) is 57.8 Å². The predicted octanol–water partition coefficient (Wildman–Crippen LogP) is 0.379. The van der Waals surface area contributed by atoms with Gasteiger partial charge >= 0.3 is 0 Å². The molecule has 2 N–H and O–H groups in total. The number of carbonyl (C=O) groups excluding carboxylic acids is 1. The van der Waals surface area contributed by atoms with Crippen LogP contribution >= 0.6 is 0 Å². The number of amides is 1. The third kappa shape index (κ3) is 5.41. The molecule has 8 nitrogen and oxygen atoms in total. The predicted molar refractivity (Wildman–Crippen MR) is 119 cm³/mol. The number of aromatic nitrogens is 1. The fourth-order valence-electron chi connectivity index (χ4n) is 4.98. The summed E-state index contributed by atoms with van der Waals surface area (Å²) in [6.07, 6.45) is 0. The van der Waals surface area contributed by atoms with Crippen LogP contribution in [0.3, 0.4) is 0 Å². The van der Waals surface area contributed by atoms with Crippen molar-refractivity contribution in [1.29, 1.82) is 0 Å². The Hall–Kier alpha value is -0.918. The molecule has 1 radical (unpaired) electrons. The molecule has 1 aromatic heterocycles. The zero-order chi connectivity index (χ0) is 22.2. The third-order valence-electron chi connectivity index (χ3n) is 6.82. The minimum Gasteiger partial charge on any atom is -0.392 e. The molecule has 2 fully saturated rings. The number of piperazine rings is 1. The Balaban J connectivity index is 0.00000289. The first kappa shape index (κ1) is 25.7. The molecule has 0 unspecified atom stereocenters. The van der Waals surface area contributed by atoms with Crippen molar-refractivity contribution >= 4 is 11.6 Å². The Morgan fingerprint density at radius 1 is 1.38 bits per heavy atom. The molecule has 1 amide bonds. The maximum Gasteiger partial charge on any atom is 0.225 e. The molecule has 0 bridgehead atoms. The van der Waals surface area contributed by atoms with Crippen LogP contribution in [-0.2, 0) is 42.0 Å². The van der Waals surface area contributed by atoms with Crippen LogP contribution in [0.15, 0.2) is 6.07 Å². The van der Waals surface area contributed by atoms with Gasteiger partial charge in [0.1, 0.15) is 0 Å². The van der Waals surface area contributed by atoms with E-state index in [4.69, 9.17) is 4.74 Å². The second-order valence-corrected chi connectivity index (χ2v) is 9.91. The normalized spacial score (nSPS) is 28.3. The Labute approximate surface area is 205 Å². The fraction of sp³-hybridized carbons (Fsp3) is 0.739. The van der Waals surface area contributed by atoms with Crippen LogP contribution in [0.25, 0.3) is 0 Å². The summed E-state index contributed by atoms with van der Waals surface area (Å²) in [4.78, 5) is 24.7. The van der Waals surface area contributed by atoms with Crippen molar-refractivity contribution in [3.63, 3.8) is 0 Å². The van der Waals surface area contributed by atoms with E-state index in [-0.39, 0.29) is 44.4 Å². The SMILES string of the molecule is C[C@@H]1CN(CC(=O)N2CC(C)(C)c3nc(CO)[c-]cc32)[C@@H](CN2CCOC[C@H]2C)CN1.[Re]. The molecule has 32 heavy (non-hydrogen) atoms. The molecule has 0 spiro atoms. The number of hydrogen-bond donors (Lipinski definition) is 2. The van der Waals surface area contributed by atoms with Crippen molar-refractivity contribution in [2.75, 3.05) is 57.4 Å². The monoisotopic (exact) mass is 617 g/mol. The topological polar surface area (TPSA) is 81.2 Å². The fourth-order valence-corrected chi connectivity index (χ4v) is 4.98. The summed E-state index contributed by atoms with van der Waals surface area (Å²) in [7, 11) is 0. The number of anilines is 1. The zero-order valence-electron chi connectivity index (χ0n) is 19.6.